The van der Waals surface area contributed by atoms with Gasteiger partial charge < -0.3 is 14.4 Å². The molecular formula is C28H32ClNO3. The largest absolute Gasteiger partial charge is 0.493 e. The van der Waals surface area contributed by atoms with Gasteiger partial charge in [0, 0.05) is 10.7 Å². The number of anilines is 1. The summed E-state index contributed by atoms with van der Waals surface area (Å²) in [4.78, 5) is 14.5. The Morgan fingerprint density at radius 2 is 1.52 bits per heavy atom. The number of rotatable bonds is 5. The average molecular weight is 466 g/mol. The van der Waals surface area contributed by atoms with E-state index in [-0.39, 0.29) is 12.0 Å². The van der Waals surface area contributed by atoms with Crippen molar-refractivity contribution < 1.29 is 14.3 Å². The number of fused-ring (bicyclic) bond motifs is 1. The quantitative estimate of drug-likeness (QED) is 0.405. The standard InChI is InChI=1S/C22H27NO3.C6H5Cl/c1-14(2)16-6-8-19(9-7-16)23-13-18-11-21(26-15(3)4)20(25-5)10-17(18)12-22(23)24;7-6-4-2-1-3-5-6/h6-11,14-15H,12-13H2,1-5H3;1-5H. The summed E-state index contributed by atoms with van der Waals surface area (Å²) in [5.41, 5.74) is 4.33. The van der Waals surface area contributed by atoms with Crippen molar-refractivity contribution in [1.29, 1.82) is 0 Å². The number of amides is 1. The molecule has 0 saturated heterocycles. The predicted octanol–water partition coefficient (Wildman–Crippen LogP) is 7.04. The van der Waals surface area contributed by atoms with E-state index in [1.165, 1.54) is 5.56 Å². The zero-order chi connectivity index (χ0) is 24.0. The molecule has 1 aliphatic heterocycles. The van der Waals surface area contributed by atoms with Crippen molar-refractivity contribution in [2.75, 3.05) is 12.0 Å². The smallest absolute Gasteiger partial charge is 0.231 e. The van der Waals surface area contributed by atoms with Gasteiger partial charge in [0.15, 0.2) is 11.5 Å². The number of nitrogens with zero attached hydrogens (tertiary/aromatic N) is 1. The molecule has 3 aromatic carbocycles. The first-order valence-electron chi connectivity index (χ1n) is 11.3. The maximum atomic E-state index is 12.7. The average Bonchev–Trinajstić information content (AvgIpc) is 2.79. The number of hydrogen-bond acceptors (Lipinski definition) is 3. The normalized spacial score (nSPS) is 12.8. The van der Waals surface area contributed by atoms with Crippen LogP contribution in [0, 0.1) is 0 Å². The lowest BCUT2D eigenvalue weighted by molar-refractivity contribution is -0.118. The maximum absolute atomic E-state index is 12.7. The lowest BCUT2D eigenvalue weighted by atomic mass is 9.97. The van der Waals surface area contributed by atoms with Gasteiger partial charge in [0.1, 0.15) is 0 Å². The fourth-order valence-electron chi connectivity index (χ4n) is 3.67. The van der Waals surface area contributed by atoms with Crippen molar-refractivity contribution in [1.82, 2.24) is 0 Å². The minimum absolute atomic E-state index is 0.0619. The van der Waals surface area contributed by atoms with E-state index in [2.05, 4.69) is 26.0 Å². The van der Waals surface area contributed by atoms with Gasteiger partial charge in [-0.15, -0.1) is 0 Å². The Bertz CT molecular complexity index is 1060. The van der Waals surface area contributed by atoms with Crippen LogP contribution in [0.5, 0.6) is 11.5 Å². The molecule has 0 fully saturated rings. The van der Waals surface area contributed by atoms with Crippen LogP contribution in [0.1, 0.15) is 50.3 Å². The zero-order valence-corrected chi connectivity index (χ0v) is 20.7. The Labute approximate surface area is 202 Å². The Morgan fingerprint density at radius 1 is 0.879 bits per heavy atom. The van der Waals surface area contributed by atoms with Crippen LogP contribution in [0.15, 0.2) is 66.7 Å². The van der Waals surface area contributed by atoms with Gasteiger partial charge in [0.2, 0.25) is 5.91 Å². The summed E-state index contributed by atoms with van der Waals surface area (Å²) in [7, 11) is 1.63. The molecule has 1 amide bonds. The van der Waals surface area contributed by atoms with E-state index in [1.54, 1.807) is 7.11 Å². The molecule has 0 bridgehead atoms. The van der Waals surface area contributed by atoms with E-state index in [4.69, 9.17) is 21.1 Å². The van der Waals surface area contributed by atoms with Crippen molar-refractivity contribution in [3.05, 3.63) is 88.4 Å². The highest BCUT2D eigenvalue weighted by Gasteiger charge is 2.26. The monoisotopic (exact) mass is 465 g/mol. The Kier molecular flexibility index (Phi) is 8.40. The molecule has 0 radical (unpaired) electrons. The molecule has 0 aromatic heterocycles. The summed E-state index contributed by atoms with van der Waals surface area (Å²) >= 11 is 5.54. The van der Waals surface area contributed by atoms with Crippen LogP contribution >= 0.6 is 11.6 Å². The van der Waals surface area contributed by atoms with Gasteiger partial charge in [-0.1, -0.05) is 55.8 Å². The zero-order valence-electron chi connectivity index (χ0n) is 20.0. The molecule has 174 valence electrons. The van der Waals surface area contributed by atoms with Gasteiger partial charge in [-0.2, -0.15) is 0 Å². The minimum Gasteiger partial charge on any atom is -0.493 e. The van der Waals surface area contributed by atoms with Crippen LogP contribution < -0.4 is 14.4 Å². The van der Waals surface area contributed by atoms with Crippen LogP contribution in [0.3, 0.4) is 0 Å². The maximum Gasteiger partial charge on any atom is 0.231 e. The molecule has 0 spiro atoms. The molecule has 4 rings (SSSR count). The molecule has 1 aliphatic rings. The number of methoxy groups -OCH3 is 1. The van der Waals surface area contributed by atoms with Gasteiger partial charge in [-0.25, -0.2) is 0 Å². The fourth-order valence-corrected chi connectivity index (χ4v) is 3.81. The Morgan fingerprint density at radius 3 is 2.03 bits per heavy atom. The SMILES string of the molecule is COc1cc2c(cc1OC(C)C)CN(c1ccc(C(C)C)cc1)C(=O)C2.Clc1ccccc1. The number of halogens is 1. The van der Waals surface area contributed by atoms with E-state index in [0.29, 0.717) is 24.6 Å². The van der Waals surface area contributed by atoms with E-state index in [9.17, 15) is 4.79 Å². The van der Waals surface area contributed by atoms with Gasteiger partial charge >= 0.3 is 0 Å². The highest BCUT2D eigenvalue weighted by Crippen LogP contribution is 2.35. The second kappa shape index (κ2) is 11.2. The van der Waals surface area contributed by atoms with Crippen molar-refractivity contribution in [2.45, 2.75) is 52.7 Å². The van der Waals surface area contributed by atoms with E-state index in [0.717, 1.165) is 27.6 Å². The Hall–Kier alpha value is -2.98. The first-order valence-corrected chi connectivity index (χ1v) is 11.6. The van der Waals surface area contributed by atoms with E-state index < -0.39 is 0 Å². The number of carbonyl (C=O) groups excluding carboxylic acids is 1. The second-order valence-electron chi connectivity index (χ2n) is 8.64. The second-order valence-corrected chi connectivity index (χ2v) is 9.07. The number of benzene rings is 3. The van der Waals surface area contributed by atoms with Gasteiger partial charge in [0.05, 0.1) is 26.2 Å². The summed E-state index contributed by atoms with van der Waals surface area (Å²) in [6.07, 6.45) is 0.436. The minimum atomic E-state index is 0.0619. The van der Waals surface area contributed by atoms with Crippen molar-refractivity contribution in [3.8, 4) is 11.5 Å². The molecule has 0 aliphatic carbocycles. The van der Waals surface area contributed by atoms with Crippen molar-refractivity contribution in [2.24, 2.45) is 0 Å². The molecule has 33 heavy (non-hydrogen) atoms. The lowest BCUT2D eigenvalue weighted by Crippen LogP contribution is -2.36. The fraction of sp³-hybridized carbons (Fsp3) is 0.321. The summed E-state index contributed by atoms with van der Waals surface area (Å²) in [6.45, 7) is 8.87. The highest BCUT2D eigenvalue weighted by molar-refractivity contribution is 6.30. The Balaban J connectivity index is 0.000000374. The van der Waals surface area contributed by atoms with Crippen molar-refractivity contribution in [3.63, 3.8) is 0 Å². The summed E-state index contributed by atoms with van der Waals surface area (Å²) in [5, 5.41) is 0.794. The highest BCUT2D eigenvalue weighted by atomic mass is 35.5. The van der Waals surface area contributed by atoms with Crippen LogP contribution in [-0.2, 0) is 17.8 Å². The molecule has 0 N–H and O–H groups in total. The molecule has 0 unspecified atom stereocenters. The van der Waals surface area contributed by atoms with E-state index in [1.807, 2.05) is 73.3 Å². The molecule has 1 heterocycles. The molecule has 0 saturated carbocycles. The van der Waals surface area contributed by atoms with Gasteiger partial charge in [-0.3, -0.25) is 4.79 Å². The number of ether oxygens (including phenoxy) is 2. The van der Waals surface area contributed by atoms with Crippen molar-refractivity contribution >= 4 is 23.2 Å². The first-order chi connectivity index (χ1) is 15.8. The van der Waals surface area contributed by atoms with Crippen LogP contribution in [0.2, 0.25) is 5.02 Å². The lowest BCUT2D eigenvalue weighted by Gasteiger charge is -2.30. The van der Waals surface area contributed by atoms with Crippen LogP contribution in [0.4, 0.5) is 5.69 Å². The number of carbonyl (C=O) groups is 1. The first kappa shape index (κ1) is 24.7. The third-order valence-electron chi connectivity index (χ3n) is 5.42. The topological polar surface area (TPSA) is 38.8 Å². The molecular weight excluding hydrogens is 434 g/mol. The third-order valence-corrected chi connectivity index (χ3v) is 5.68. The predicted molar refractivity (Wildman–Crippen MR) is 136 cm³/mol. The summed E-state index contributed by atoms with van der Waals surface area (Å²) in [5.74, 6) is 1.99. The van der Waals surface area contributed by atoms with Crippen LogP contribution in [-0.4, -0.2) is 19.1 Å². The van der Waals surface area contributed by atoms with Gasteiger partial charge in [0.25, 0.3) is 0 Å². The van der Waals surface area contributed by atoms with E-state index >= 15 is 0 Å². The molecule has 4 nitrogen and oxygen atoms in total. The number of hydrogen-bond donors (Lipinski definition) is 0. The third kappa shape index (κ3) is 6.52. The van der Waals surface area contributed by atoms with Gasteiger partial charge in [-0.05, 0) is 72.9 Å². The molecule has 3 aromatic rings. The summed E-state index contributed by atoms with van der Waals surface area (Å²) < 4.78 is 11.3. The summed E-state index contributed by atoms with van der Waals surface area (Å²) in [6, 6.07) is 21.7. The molecule has 0 atom stereocenters. The molecule has 5 heteroatoms. The van der Waals surface area contributed by atoms with Crippen LogP contribution in [0.25, 0.3) is 0 Å².